The monoisotopic (exact) mass is 293 g/mol. The lowest BCUT2D eigenvalue weighted by Crippen LogP contribution is -2.48. The van der Waals surface area contributed by atoms with Crippen LogP contribution in [0.15, 0.2) is 11.6 Å². The fraction of sp³-hybridized carbons (Fsp3) is 0.500. The number of hydrogen-bond donors (Lipinski definition) is 1. The summed E-state index contributed by atoms with van der Waals surface area (Å²) in [6, 6.07) is 0.469. The van der Waals surface area contributed by atoms with Crippen molar-refractivity contribution in [3.05, 3.63) is 28.0 Å². The van der Waals surface area contributed by atoms with E-state index in [0.29, 0.717) is 0 Å². The lowest BCUT2D eigenvalue weighted by molar-refractivity contribution is 0.0571. The van der Waals surface area contributed by atoms with Gasteiger partial charge in [-0.25, -0.2) is 14.5 Å². The quantitative estimate of drug-likeness (QED) is 0.916. The van der Waals surface area contributed by atoms with Crippen LogP contribution >= 0.6 is 11.3 Å². The van der Waals surface area contributed by atoms with Gasteiger partial charge in [-0.05, 0) is 13.8 Å². The highest BCUT2D eigenvalue weighted by molar-refractivity contribution is 7.09. The standard InChI is InChI=1S/C12H15N5O2S/c1-7(11-6-20-8(2)13-11)16-3-9(4-16)17-5-10(12(18)19)14-15-17/h5-7,9H,3-4H2,1-2H3,(H,18,19). The van der Waals surface area contributed by atoms with Crippen LogP contribution in [0.5, 0.6) is 0 Å². The van der Waals surface area contributed by atoms with Gasteiger partial charge in [0.1, 0.15) is 0 Å². The Labute approximate surface area is 119 Å². The van der Waals surface area contributed by atoms with Crippen molar-refractivity contribution in [3.63, 3.8) is 0 Å². The molecule has 2 aromatic heterocycles. The lowest BCUT2D eigenvalue weighted by Gasteiger charge is -2.42. The van der Waals surface area contributed by atoms with E-state index >= 15 is 0 Å². The van der Waals surface area contributed by atoms with E-state index in [-0.39, 0.29) is 17.8 Å². The summed E-state index contributed by atoms with van der Waals surface area (Å²) in [7, 11) is 0. The summed E-state index contributed by atoms with van der Waals surface area (Å²) in [4.78, 5) is 17.6. The maximum atomic E-state index is 10.8. The van der Waals surface area contributed by atoms with Gasteiger partial charge in [0.2, 0.25) is 0 Å². The first-order valence-corrected chi connectivity index (χ1v) is 7.23. The molecule has 1 fully saturated rings. The van der Waals surface area contributed by atoms with Crippen LogP contribution in [-0.2, 0) is 0 Å². The molecule has 0 aliphatic carbocycles. The van der Waals surface area contributed by atoms with E-state index in [1.165, 1.54) is 6.20 Å². The normalized spacial score (nSPS) is 17.9. The third kappa shape index (κ3) is 2.32. The molecule has 1 N–H and O–H groups in total. The molecule has 3 heterocycles. The van der Waals surface area contributed by atoms with Crippen molar-refractivity contribution < 1.29 is 9.90 Å². The number of carboxylic acids is 1. The van der Waals surface area contributed by atoms with Crippen LogP contribution < -0.4 is 0 Å². The molecule has 0 spiro atoms. The van der Waals surface area contributed by atoms with Crippen LogP contribution in [0.1, 0.15) is 40.2 Å². The molecule has 3 rings (SSSR count). The zero-order chi connectivity index (χ0) is 14.3. The summed E-state index contributed by atoms with van der Waals surface area (Å²) in [6.07, 6.45) is 1.49. The third-order valence-electron chi connectivity index (χ3n) is 3.61. The first-order valence-electron chi connectivity index (χ1n) is 6.36. The molecule has 20 heavy (non-hydrogen) atoms. The number of aromatic carboxylic acids is 1. The Balaban J connectivity index is 1.61. The Morgan fingerprint density at radius 3 is 2.85 bits per heavy atom. The molecule has 8 heteroatoms. The highest BCUT2D eigenvalue weighted by Gasteiger charge is 2.34. The van der Waals surface area contributed by atoms with E-state index in [1.54, 1.807) is 16.0 Å². The number of rotatable bonds is 4. The average molecular weight is 293 g/mol. The van der Waals surface area contributed by atoms with Crippen molar-refractivity contribution in [2.45, 2.75) is 25.9 Å². The van der Waals surface area contributed by atoms with Crippen LogP contribution in [0.25, 0.3) is 0 Å². The maximum absolute atomic E-state index is 10.8. The highest BCUT2D eigenvalue weighted by Crippen LogP contribution is 2.30. The molecule has 1 atom stereocenters. The Morgan fingerprint density at radius 2 is 2.30 bits per heavy atom. The molecular formula is C12H15N5O2S. The van der Waals surface area contributed by atoms with Crippen molar-refractivity contribution in [2.24, 2.45) is 0 Å². The molecule has 0 bridgehead atoms. The molecule has 7 nitrogen and oxygen atoms in total. The number of likely N-dealkylation sites (tertiary alicyclic amines) is 1. The number of carboxylic acid groups (broad SMARTS) is 1. The van der Waals surface area contributed by atoms with E-state index in [2.05, 4.69) is 32.5 Å². The minimum Gasteiger partial charge on any atom is -0.476 e. The largest absolute Gasteiger partial charge is 0.476 e. The zero-order valence-electron chi connectivity index (χ0n) is 11.2. The van der Waals surface area contributed by atoms with Gasteiger partial charge in [0, 0.05) is 18.5 Å². The third-order valence-corrected chi connectivity index (χ3v) is 4.40. The smallest absolute Gasteiger partial charge is 0.358 e. The molecule has 1 saturated heterocycles. The van der Waals surface area contributed by atoms with Gasteiger partial charge in [0.25, 0.3) is 0 Å². The molecular weight excluding hydrogens is 278 g/mol. The second-order valence-electron chi connectivity index (χ2n) is 4.96. The van der Waals surface area contributed by atoms with Crippen molar-refractivity contribution in [1.29, 1.82) is 0 Å². The number of carbonyl (C=O) groups is 1. The van der Waals surface area contributed by atoms with Gasteiger partial charge in [-0.15, -0.1) is 16.4 Å². The number of hydrogen-bond acceptors (Lipinski definition) is 6. The van der Waals surface area contributed by atoms with Crippen molar-refractivity contribution in [1.82, 2.24) is 24.9 Å². The summed E-state index contributed by atoms with van der Waals surface area (Å²) in [5, 5.41) is 19.5. The Bertz CT molecular complexity index is 631. The Hall–Kier alpha value is -1.80. The molecule has 0 saturated carbocycles. The van der Waals surface area contributed by atoms with Crippen LogP contribution in [-0.4, -0.2) is 49.0 Å². The van der Waals surface area contributed by atoms with Crippen LogP contribution in [0, 0.1) is 6.92 Å². The molecule has 2 aromatic rings. The second-order valence-corrected chi connectivity index (χ2v) is 6.03. The van der Waals surface area contributed by atoms with Gasteiger partial charge >= 0.3 is 5.97 Å². The number of aromatic nitrogens is 4. The van der Waals surface area contributed by atoms with E-state index in [9.17, 15) is 4.79 Å². The van der Waals surface area contributed by atoms with Crippen LogP contribution in [0.3, 0.4) is 0 Å². The van der Waals surface area contributed by atoms with Crippen LogP contribution in [0.4, 0.5) is 0 Å². The molecule has 0 amide bonds. The molecule has 1 unspecified atom stereocenters. The zero-order valence-corrected chi connectivity index (χ0v) is 12.0. The summed E-state index contributed by atoms with van der Waals surface area (Å²) >= 11 is 1.66. The molecule has 0 aromatic carbocycles. The minimum atomic E-state index is -1.04. The Kier molecular flexibility index (Phi) is 3.27. The van der Waals surface area contributed by atoms with Crippen molar-refractivity contribution in [3.8, 4) is 0 Å². The fourth-order valence-corrected chi connectivity index (χ4v) is 2.98. The van der Waals surface area contributed by atoms with Gasteiger partial charge in [0.05, 0.1) is 29.0 Å². The molecule has 106 valence electrons. The van der Waals surface area contributed by atoms with Crippen LogP contribution in [0.2, 0.25) is 0 Å². The SMILES string of the molecule is Cc1nc(C(C)N2CC(n3cc(C(=O)O)nn3)C2)cs1. The van der Waals surface area contributed by atoms with E-state index in [1.807, 2.05) is 6.92 Å². The molecule has 1 aliphatic heterocycles. The minimum absolute atomic E-state index is 0.00776. The van der Waals surface area contributed by atoms with Gasteiger partial charge in [-0.1, -0.05) is 5.21 Å². The maximum Gasteiger partial charge on any atom is 0.358 e. The summed E-state index contributed by atoms with van der Waals surface area (Å²) in [5.74, 6) is -1.04. The highest BCUT2D eigenvalue weighted by atomic mass is 32.1. The number of thiazole rings is 1. The van der Waals surface area contributed by atoms with Gasteiger partial charge in [-0.2, -0.15) is 0 Å². The van der Waals surface area contributed by atoms with Gasteiger partial charge < -0.3 is 5.11 Å². The Morgan fingerprint density at radius 1 is 1.55 bits per heavy atom. The number of nitrogens with zero attached hydrogens (tertiary/aromatic N) is 5. The summed E-state index contributed by atoms with van der Waals surface area (Å²) in [5.41, 5.74) is 1.09. The molecule has 0 radical (unpaired) electrons. The summed E-state index contributed by atoms with van der Waals surface area (Å²) in [6.45, 7) is 5.80. The van der Waals surface area contributed by atoms with Gasteiger partial charge in [0.15, 0.2) is 5.69 Å². The second kappa shape index (κ2) is 4.95. The molecule has 1 aliphatic rings. The van der Waals surface area contributed by atoms with E-state index < -0.39 is 5.97 Å². The van der Waals surface area contributed by atoms with Crippen molar-refractivity contribution >= 4 is 17.3 Å². The van der Waals surface area contributed by atoms with Gasteiger partial charge in [-0.3, -0.25) is 4.90 Å². The van der Waals surface area contributed by atoms with Crippen molar-refractivity contribution in [2.75, 3.05) is 13.1 Å². The topological polar surface area (TPSA) is 84.1 Å². The first kappa shape index (κ1) is 13.2. The predicted molar refractivity (Wildman–Crippen MR) is 72.9 cm³/mol. The number of aryl methyl sites for hydroxylation is 1. The lowest BCUT2D eigenvalue weighted by atomic mass is 10.0. The fourth-order valence-electron chi connectivity index (χ4n) is 2.28. The first-order chi connectivity index (χ1) is 9.54. The summed E-state index contributed by atoms with van der Waals surface area (Å²) < 4.78 is 1.64. The van der Waals surface area contributed by atoms with E-state index in [4.69, 9.17) is 5.11 Å². The predicted octanol–water partition coefficient (Wildman–Crippen LogP) is 1.36. The average Bonchev–Trinajstić information content (AvgIpc) is 2.96. The van der Waals surface area contributed by atoms with E-state index in [0.717, 1.165) is 23.8 Å².